The van der Waals surface area contributed by atoms with Gasteiger partial charge in [-0.05, 0) is 61.4 Å². The molecule has 0 bridgehead atoms. The summed E-state index contributed by atoms with van der Waals surface area (Å²) < 4.78 is 5.38. The molecule has 2 aromatic carbocycles. The maximum absolute atomic E-state index is 5.66. The van der Waals surface area contributed by atoms with Crippen molar-refractivity contribution in [2.75, 3.05) is 13.7 Å². The highest BCUT2D eigenvalue weighted by Crippen LogP contribution is 2.21. The zero-order valence-electron chi connectivity index (χ0n) is 12.8. The first kappa shape index (κ1) is 15.6. The Bertz CT molecular complexity index is 537. The lowest BCUT2D eigenvalue weighted by molar-refractivity contribution is 0.409. The van der Waals surface area contributed by atoms with Crippen LogP contribution in [0.2, 0.25) is 0 Å². The third-order valence-electron chi connectivity index (χ3n) is 3.78. The molecular weight excluding hydrogens is 258 g/mol. The molecule has 2 heteroatoms. The van der Waals surface area contributed by atoms with Gasteiger partial charge in [0.1, 0.15) is 5.75 Å². The van der Waals surface area contributed by atoms with E-state index in [4.69, 9.17) is 10.5 Å². The van der Waals surface area contributed by atoms with E-state index >= 15 is 0 Å². The molecule has 0 aromatic heterocycles. The standard InChI is InChI=1S/C19H25NO/c1-21-19-12-11-17(15-18(19)13-14-20)10-6-5-9-16-7-3-2-4-8-16/h2-4,7-8,11-12,15H,5-6,9-10,13-14,20H2,1H3. The van der Waals surface area contributed by atoms with Gasteiger partial charge in [0.25, 0.3) is 0 Å². The van der Waals surface area contributed by atoms with Gasteiger partial charge < -0.3 is 10.5 Å². The molecule has 2 aromatic rings. The van der Waals surface area contributed by atoms with Crippen molar-refractivity contribution in [3.63, 3.8) is 0 Å². The van der Waals surface area contributed by atoms with Gasteiger partial charge in [-0.2, -0.15) is 0 Å². The lowest BCUT2D eigenvalue weighted by Crippen LogP contribution is -2.05. The van der Waals surface area contributed by atoms with Gasteiger partial charge >= 0.3 is 0 Å². The highest BCUT2D eigenvalue weighted by atomic mass is 16.5. The van der Waals surface area contributed by atoms with Crippen molar-refractivity contribution in [1.29, 1.82) is 0 Å². The predicted molar refractivity (Wildman–Crippen MR) is 88.8 cm³/mol. The average molecular weight is 283 g/mol. The number of nitrogens with two attached hydrogens (primary N) is 1. The van der Waals surface area contributed by atoms with Gasteiger partial charge in [-0.1, -0.05) is 42.5 Å². The Balaban J connectivity index is 1.84. The molecule has 0 saturated carbocycles. The van der Waals surface area contributed by atoms with E-state index in [0.29, 0.717) is 6.54 Å². The third-order valence-corrected chi connectivity index (χ3v) is 3.78. The van der Waals surface area contributed by atoms with Crippen LogP contribution in [-0.2, 0) is 19.3 Å². The Hall–Kier alpha value is -1.80. The van der Waals surface area contributed by atoms with E-state index in [1.54, 1.807) is 7.11 Å². The second-order valence-electron chi connectivity index (χ2n) is 5.38. The summed E-state index contributed by atoms with van der Waals surface area (Å²) in [6.45, 7) is 0.661. The van der Waals surface area contributed by atoms with Crippen LogP contribution in [0, 0.1) is 0 Å². The second-order valence-corrected chi connectivity index (χ2v) is 5.38. The Labute approximate surface area is 127 Å². The first-order valence-electron chi connectivity index (χ1n) is 7.73. The van der Waals surface area contributed by atoms with Gasteiger partial charge in [0.15, 0.2) is 0 Å². The van der Waals surface area contributed by atoms with Gasteiger partial charge in [0, 0.05) is 0 Å². The third kappa shape index (κ3) is 4.91. The van der Waals surface area contributed by atoms with E-state index in [1.807, 2.05) is 0 Å². The molecule has 0 aliphatic rings. The SMILES string of the molecule is COc1ccc(CCCCc2ccccc2)cc1CCN. The van der Waals surface area contributed by atoms with Crippen molar-refractivity contribution in [2.24, 2.45) is 5.73 Å². The summed E-state index contributed by atoms with van der Waals surface area (Å²) in [4.78, 5) is 0. The van der Waals surface area contributed by atoms with Crippen LogP contribution in [0.15, 0.2) is 48.5 Å². The lowest BCUT2D eigenvalue weighted by Gasteiger charge is -2.10. The molecule has 0 heterocycles. The highest BCUT2D eigenvalue weighted by Gasteiger charge is 2.04. The van der Waals surface area contributed by atoms with Crippen molar-refractivity contribution in [1.82, 2.24) is 0 Å². The van der Waals surface area contributed by atoms with Gasteiger partial charge in [-0.3, -0.25) is 0 Å². The van der Waals surface area contributed by atoms with E-state index in [2.05, 4.69) is 48.5 Å². The fourth-order valence-electron chi connectivity index (χ4n) is 2.64. The number of rotatable bonds is 8. The minimum absolute atomic E-state index is 0.661. The monoisotopic (exact) mass is 283 g/mol. The van der Waals surface area contributed by atoms with Crippen LogP contribution in [0.5, 0.6) is 5.75 Å². The molecule has 0 amide bonds. The molecular formula is C19H25NO. The van der Waals surface area contributed by atoms with E-state index in [-0.39, 0.29) is 0 Å². The van der Waals surface area contributed by atoms with E-state index in [9.17, 15) is 0 Å². The number of benzene rings is 2. The molecule has 0 atom stereocenters. The number of methoxy groups -OCH3 is 1. The molecule has 2 N–H and O–H groups in total. The summed E-state index contributed by atoms with van der Waals surface area (Å²) in [7, 11) is 1.72. The summed E-state index contributed by atoms with van der Waals surface area (Å²) in [5.74, 6) is 0.952. The smallest absolute Gasteiger partial charge is 0.122 e. The Morgan fingerprint density at radius 2 is 1.57 bits per heavy atom. The number of aryl methyl sites for hydroxylation is 2. The van der Waals surface area contributed by atoms with Gasteiger partial charge in [-0.15, -0.1) is 0 Å². The van der Waals surface area contributed by atoms with Crippen LogP contribution in [0.1, 0.15) is 29.5 Å². The van der Waals surface area contributed by atoms with Gasteiger partial charge in [-0.25, -0.2) is 0 Å². The van der Waals surface area contributed by atoms with Gasteiger partial charge in [0.2, 0.25) is 0 Å². The molecule has 0 aliphatic heterocycles. The molecule has 0 radical (unpaired) electrons. The Morgan fingerprint density at radius 1 is 0.857 bits per heavy atom. The Morgan fingerprint density at radius 3 is 2.24 bits per heavy atom. The van der Waals surface area contributed by atoms with E-state index in [1.165, 1.54) is 29.5 Å². The normalized spacial score (nSPS) is 10.6. The van der Waals surface area contributed by atoms with Crippen molar-refractivity contribution >= 4 is 0 Å². The van der Waals surface area contributed by atoms with Crippen LogP contribution in [-0.4, -0.2) is 13.7 Å². The lowest BCUT2D eigenvalue weighted by atomic mass is 10.0. The summed E-state index contributed by atoms with van der Waals surface area (Å²) >= 11 is 0. The van der Waals surface area contributed by atoms with Crippen molar-refractivity contribution in [3.05, 3.63) is 65.2 Å². The Kier molecular flexibility index (Phi) is 6.29. The fourth-order valence-corrected chi connectivity index (χ4v) is 2.64. The zero-order valence-corrected chi connectivity index (χ0v) is 12.8. The number of hydrogen-bond donors (Lipinski definition) is 1. The molecule has 2 rings (SSSR count). The molecule has 21 heavy (non-hydrogen) atoms. The molecule has 112 valence electrons. The molecule has 0 spiro atoms. The van der Waals surface area contributed by atoms with Crippen LogP contribution < -0.4 is 10.5 Å². The van der Waals surface area contributed by atoms with Crippen LogP contribution in [0.25, 0.3) is 0 Å². The largest absolute Gasteiger partial charge is 0.496 e. The average Bonchev–Trinajstić information content (AvgIpc) is 2.53. The topological polar surface area (TPSA) is 35.2 Å². The van der Waals surface area contributed by atoms with Crippen LogP contribution >= 0.6 is 0 Å². The second kappa shape index (κ2) is 8.48. The summed E-state index contributed by atoms with van der Waals surface area (Å²) in [6, 6.07) is 17.2. The minimum Gasteiger partial charge on any atom is -0.496 e. The number of ether oxygens (including phenoxy) is 1. The predicted octanol–water partition coefficient (Wildman–Crippen LogP) is 3.76. The summed E-state index contributed by atoms with van der Waals surface area (Å²) in [6.07, 6.45) is 5.59. The molecule has 0 saturated heterocycles. The number of unbranched alkanes of at least 4 members (excludes halogenated alkanes) is 1. The fraction of sp³-hybridized carbons (Fsp3) is 0.368. The van der Waals surface area contributed by atoms with Gasteiger partial charge in [0.05, 0.1) is 7.11 Å². The number of hydrogen-bond acceptors (Lipinski definition) is 2. The maximum Gasteiger partial charge on any atom is 0.122 e. The van der Waals surface area contributed by atoms with Crippen LogP contribution in [0.4, 0.5) is 0 Å². The van der Waals surface area contributed by atoms with Crippen molar-refractivity contribution in [3.8, 4) is 5.75 Å². The quantitative estimate of drug-likeness (QED) is 0.749. The summed E-state index contributed by atoms with van der Waals surface area (Å²) in [5, 5.41) is 0. The molecule has 2 nitrogen and oxygen atoms in total. The van der Waals surface area contributed by atoms with Crippen molar-refractivity contribution in [2.45, 2.75) is 32.1 Å². The maximum atomic E-state index is 5.66. The zero-order chi connectivity index (χ0) is 14.9. The highest BCUT2D eigenvalue weighted by molar-refractivity contribution is 5.37. The van der Waals surface area contributed by atoms with Crippen LogP contribution in [0.3, 0.4) is 0 Å². The first-order chi connectivity index (χ1) is 10.3. The van der Waals surface area contributed by atoms with Crippen molar-refractivity contribution < 1.29 is 4.74 Å². The minimum atomic E-state index is 0.661. The summed E-state index contributed by atoms with van der Waals surface area (Å²) in [5.41, 5.74) is 9.70. The molecule has 0 unspecified atom stereocenters. The first-order valence-corrected chi connectivity index (χ1v) is 7.73. The van der Waals surface area contributed by atoms with E-state index in [0.717, 1.165) is 25.0 Å². The van der Waals surface area contributed by atoms with E-state index < -0.39 is 0 Å². The molecule has 0 aliphatic carbocycles. The molecule has 0 fully saturated rings.